The Morgan fingerprint density at radius 2 is 1.76 bits per heavy atom. The Hall–Kier alpha value is -1.92. The molecular formula is C13H13Cl2N3O3. The first-order chi connectivity index (χ1) is 9.73. The maximum atomic E-state index is 12.4. The van der Waals surface area contributed by atoms with E-state index < -0.39 is 11.7 Å². The monoisotopic (exact) mass is 329 g/mol. The number of carbonyl (C=O) groups excluding carboxylic acids is 1. The van der Waals surface area contributed by atoms with Gasteiger partial charge in [-0.05, 0) is 24.1 Å². The highest BCUT2D eigenvalue weighted by Gasteiger charge is 2.25. The molecular weight excluding hydrogens is 317 g/mol. The number of rotatable bonds is 2. The number of nitrogens with zero attached hydrogens (tertiary/aromatic N) is 2. The van der Waals surface area contributed by atoms with Crippen molar-refractivity contribution in [2.24, 2.45) is 5.73 Å². The van der Waals surface area contributed by atoms with Gasteiger partial charge in [-0.2, -0.15) is 0 Å². The van der Waals surface area contributed by atoms with Crippen LogP contribution in [0.1, 0.15) is 25.5 Å². The molecule has 8 heteroatoms. The molecule has 0 aliphatic heterocycles. The molecule has 0 fully saturated rings. The maximum absolute atomic E-state index is 12.4. The third kappa shape index (κ3) is 2.64. The fraction of sp³-hybridized carbons (Fsp3) is 0.231. The lowest BCUT2D eigenvalue weighted by atomic mass is 10.1. The van der Waals surface area contributed by atoms with Crippen molar-refractivity contribution in [3.63, 3.8) is 0 Å². The van der Waals surface area contributed by atoms with Crippen molar-refractivity contribution < 1.29 is 9.90 Å². The third-order valence-corrected chi connectivity index (χ3v) is 3.37. The lowest BCUT2D eigenvalue weighted by Crippen LogP contribution is -2.34. The van der Waals surface area contributed by atoms with Gasteiger partial charge in [0, 0.05) is 10.0 Å². The number of aromatic nitrogens is 2. The molecule has 0 atom stereocenters. The highest BCUT2D eigenvalue weighted by atomic mass is 35.5. The van der Waals surface area contributed by atoms with Crippen LogP contribution in [0, 0.1) is 0 Å². The van der Waals surface area contributed by atoms with Crippen molar-refractivity contribution in [3.05, 3.63) is 44.4 Å². The largest absolute Gasteiger partial charge is 0.493 e. The predicted octanol–water partition coefficient (Wildman–Crippen LogP) is 2.70. The molecule has 0 saturated heterocycles. The van der Waals surface area contributed by atoms with E-state index in [1.807, 2.05) is 0 Å². The summed E-state index contributed by atoms with van der Waals surface area (Å²) in [7, 11) is 0. The van der Waals surface area contributed by atoms with Gasteiger partial charge in [-0.1, -0.05) is 37.0 Å². The van der Waals surface area contributed by atoms with Crippen LogP contribution in [0.15, 0.2) is 23.0 Å². The molecule has 0 spiro atoms. The molecule has 21 heavy (non-hydrogen) atoms. The molecule has 0 bridgehead atoms. The Morgan fingerprint density at radius 3 is 2.14 bits per heavy atom. The number of hydrogen-bond acceptors (Lipinski definition) is 3. The summed E-state index contributed by atoms with van der Waals surface area (Å²) < 4.78 is 1.67. The molecule has 1 aromatic heterocycles. The van der Waals surface area contributed by atoms with Crippen molar-refractivity contribution in [3.8, 4) is 11.6 Å². The minimum atomic E-state index is -0.967. The van der Waals surface area contributed by atoms with Crippen LogP contribution in [-0.2, 0) is 0 Å². The minimum absolute atomic E-state index is 0.128. The summed E-state index contributed by atoms with van der Waals surface area (Å²) in [5, 5.41) is 10.9. The molecule has 0 unspecified atom stereocenters. The van der Waals surface area contributed by atoms with E-state index in [9.17, 15) is 14.7 Å². The van der Waals surface area contributed by atoms with Gasteiger partial charge in [-0.15, -0.1) is 0 Å². The van der Waals surface area contributed by atoms with Crippen LogP contribution in [0.4, 0.5) is 4.79 Å². The van der Waals surface area contributed by atoms with Crippen LogP contribution in [0.5, 0.6) is 5.88 Å². The summed E-state index contributed by atoms with van der Waals surface area (Å²) in [6, 6.07) is 3.42. The second-order valence-corrected chi connectivity index (χ2v) is 5.66. The van der Waals surface area contributed by atoms with Gasteiger partial charge >= 0.3 is 11.7 Å². The summed E-state index contributed by atoms with van der Waals surface area (Å²) >= 11 is 11.8. The molecule has 112 valence electrons. The fourth-order valence-electron chi connectivity index (χ4n) is 2.14. The molecule has 3 N–H and O–H groups in total. The van der Waals surface area contributed by atoms with Crippen molar-refractivity contribution in [1.82, 2.24) is 9.13 Å². The van der Waals surface area contributed by atoms with Crippen LogP contribution in [-0.4, -0.2) is 20.3 Å². The zero-order valence-corrected chi connectivity index (χ0v) is 12.8. The van der Waals surface area contributed by atoms with E-state index in [1.54, 1.807) is 13.8 Å². The van der Waals surface area contributed by atoms with Gasteiger partial charge in [0.15, 0.2) is 0 Å². The highest BCUT2D eigenvalue weighted by Crippen LogP contribution is 2.29. The van der Waals surface area contributed by atoms with E-state index >= 15 is 0 Å². The van der Waals surface area contributed by atoms with Crippen LogP contribution in [0.25, 0.3) is 5.69 Å². The van der Waals surface area contributed by atoms with Crippen molar-refractivity contribution in [2.75, 3.05) is 0 Å². The Morgan fingerprint density at radius 1 is 1.24 bits per heavy atom. The maximum Gasteiger partial charge on any atom is 0.344 e. The van der Waals surface area contributed by atoms with Crippen LogP contribution in [0.3, 0.4) is 0 Å². The molecule has 0 saturated carbocycles. The molecule has 1 aromatic carbocycles. The van der Waals surface area contributed by atoms with Gasteiger partial charge < -0.3 is 10.8 Å². The Bertz CT molecular complexity index is 757. The predicted molar refractivity (Wildman–Crippen MR) is 80.8 cm³/mol. The van der Waals surface area contributed by atoms with Gasteiger partial charge in [-0.3, -0.25) is 0 Å². The first-order valence-electron chi connectivity index (χ1n) is 6.07. The number of benzene rings is 1. The van der Waals surface area contributed by atoms with Gasteiger partial charge in [0.1, 0.15) is 0 Å². The Balaban J connectivity index is 2.85. The van der Waals surface area contributed by atoms with Crippen LogP contribution in [0.2, 0.25) is 10.0 Å². The SMILES string of the molecule is CC(C)c1c(O)n(-c2cc(Cl)cc(Cl)c2)c(=O)n1C(N)=O. The summed E-state index contributed by atoms with van der Waals surface area (Å²) in [4.78, 5) is 23.8. The summed E-state index contributed by atoms with van der Waals surface area (Å²) in [6.07, 6.45) is 0. The second-order valence-electron chi connectivity index (χ2n) is 4.78. The standard InChI is InChI=1S/C13H13Cl2N3O3/c1-6(2)10-11(19)17(13(21)18(10)12(16)20)9-4-7(14)3-8(15)5-9/h3-6,19H,1-2H3,(H2,16,20). The number of primary amides is 1. The van der Waals surface area contributed by atoms with Crippen molar-refractivity contribution in [2.45, 2.75) is 19.8 Å². The first-order valence-corrected chi connectivity index (χ1v) is 6.82. The van der Waals surface area contributed by atoms with Gasteiger partial charge in [0.2, 0.25) is 5.88 Å². The Labute approximate surface area is 130 Å². The fourth-order valence-corrected chi connectivity index (χ4v) is 2.65. The number of halogens is 2. The van der Waals surface area contributed by atoms with Crippen molar-refractivity contribution in [1.29, 1.82) is 0 Å². The van der Waals surface area contributed by atoms with Crippen LogP contribution >= 0.6 is 23.2 Å². The quantitative estimate of drug-likeness (QED) is 0.887. The lowest BCUT2D eigenvalue weighted by Gasteiger charge is -2.07. The minimum Gasteiger partial charge on any atom is -0.493 e. The molecule has 0 radical (unpaired) electrons. The average Bonchev–Trinajstić information content (AvgIpc) is 2.59. The molecule has 1 heterocycles. The zero-order chi connectivity index (χ0) is 15.9. The van der Waals surface area contributed by atoms with Crippen LogP contribution < -0.4 is 11.4 Å². The zero-order valence-electron chi connectivity index (χ0n) is 11.3. The number of carbonyl (C=O) groups is 1. The average molecular weight is 330 g/mol. The molecule has 0 aliphatic rings. The summed E-state index contributed by atoms with van der Waals surface area (Å²) in [5.74, 6) is -0.659. The topological polar surface area (TPSA) is 90.2 Å². The molecule has 1 amide bonds. The molecule has 0 aliphatic carbocycles. The van der Waals surface area contributed by atoms with Gasteiger partial charge in [-0.25, -0.2) is 18.7 Å². The van der Waals surface area contributed by atoms with E-state index in [4.69, 9.17) is 28.9 Å². The molecule has 2 rings (SSSR count). The van der Waals surface area contributed by atoms with Gasteiger partial charge in [0.05, 0.1) is 11.4 Å². The van der Waals surface area contributed by atoms with Gasteiger partial charge in [0.25, 0.3) is 0 Å². The number of amides is 1. The van der Waals surface area contributed by atoms with E-state index in [1.165, 1.54) is 18.2 Å². The van der Waals surface area contributed by atoms with E-state index in [0.717, 1.165) is 9.13 Å². The normalized spacial score (nSPS) is 11.1. The number of aromatic hydroxyl groups is 1. The van der Waals surface area contributed by atoms with Crippen molar-refractivity contribution >= 4 is 29.2 Å². The molecule has 6 nitrogen and oxygen atoms in total. The molecule has 2 aromatic rings. The summed E-state index contributed by atoms with van der Waals surface area (Å²) in [5.41, 5.74) is 4.82. The summed E-state index contributed by atoms with van der Waals surface area (Å²) in [6.45, 7) is 3.45. The smallest absolute Gasteiger partial charge is 0.344 e. The Kier molecular flexibility index (Phi) is 4.02. The third-order valence-electron chi connectivity index (χ3n) is 2.94. The highest BCUT2D eigenvalue weighted by molar-refractivity contribution is 6.34. The van der Waals surface area contributed by atoms with E-state index in [2.05, 4.69) is 0 Å². The van der Waals surface area contributed by atoms with E-state index in [-0.39, 0.29) is 23.2 Å². The van der Waals surface area contributed by atoms with E-state index in [0.29, 0.717) is 10.0 Å². The number of imidazole rings is 1. The lowest BCUT2D eigenvalue weighted by molar-refractivity contribution is 0.248. The second kappa shape index (κ2) is 5.46. The number of hydrogen-bond donors (Lipinski definition) is 2. The first kappa shape index (κ1) is 15.5. The number of nitrogens with two attached hydrogens (primary N) is 1.